The fourth-order valence-electron chi connectivity index (χ4n) is 3.18. The van der Waals surface area contributed by atoms with Crippen LogP contribution in [0.25, 0.3) is 0 Å². The minimum atomic E-state index is -0.0518. The third-order valence-electron chi connectivity index (χ3n) is 4.46. The van der Waals surface area contributed by atoms with E-state index in [1.165, 1.54) is 18.5 Å². The molecule has 0 saturated carbocycles. The van der Waals surface area contributed by atoms with Crippen molar-refractivity contribution in [3.63, 3.8) is 0 Å². The van der Waals surface area contributed by atoms with Crippen LogP contribution in [0.2, 0.25) is 5.02 Å². The van der Waals surface area contributed by atoms with E-state index < -0.39 is 0 Å². The Morgan fingerprint density at radius 1 is 1.21 bits per heavy atom. The lowest BCUT2D eigenvalue weighted by molar-refractivity contribution is 0.274. The van der Waals surface area contributed by atoms with E-state index in [0.29, 0.717) is 12.3 Å². The molecule has 0 unspecified atom stereocenters. The monoisotopic (exact) mass is 346 g/mol. The van der Waals surface area contributed by atoms with Crippen molar-refractivity contribution in [2.45, 2.75) is 26.0 Å². The van der Waals surface area contributed by atoms with Crippen molar-refractivity contribution in [3.8, 4) is 5.75 Å². The Labute approximate surface area is 148 Å². The molecule has 1 saturated heterocycles. The average Bonchev–Trinajstić information content (AvgIpc) is 3.14. The number of ether oxygens (including phenoxy) is 1. The predicted molar refractivity (Wildman–Crippen MR) is 99.1 cm³/mol. The van der Waals surface area contributed by atoms with Crippen molar-refractivity contribution in [1.82, 2.24) is 0 Å². The van der Waals surface area contributed by atoms with Crippen molar-refractivity contribution in [2.24, 2.45) is 0 Å². The van der Waals surface area contributed by atoms with Gasteiger partial charge >= 0.3 is 0 Å². The summed E-state index contributed by atoms with van der Waals surface area (Å²) in [5.74, 6) is 0.693. The molecule has 0 aliphatic carbocycles. The van der Waals surface area contributed by atoms with E-state index in [1.807, 2.05) is 30.3 Å². The summed E-state index contributed by atoms with van der Waals surface area (Å²) >= 11 is 6.45. The van der Waals surface area contributed by atoms with Crippen molar-refractivity contribution in [1.29, 1.82) is 0 Å². The van der Waals surface area contributed by atoms with Gasteiger partial charge in [-0.25, -0.2) is 0 Å². The number of aliphatic hydroxyl groups is 1. The van der Waals surface area contributed by atoms with E-state index in [9.17, 15) is 5.11 Å². The number of methoxy groups -OCH3 is 1. The lowest BCUT2D eigenvalue weighted by atomic mass is 10.1. The summed E-state index contributed by atoms with van der Waals surface area (Å²) in [7, 11) is 1.60. The number of benzene rings is 2. The summed E-state index contributed by atoms with van der Waals surface area (Å²) < 4.78 is 5.24. The zero-order valence-electron chi connectivity index (χ0n) is 13.9. The summed E-state index contributed by atoms with van der Waals surface area (Å²) in [6.45, 7) is 2.77. The van der Waals surface area contributed by atoms with Crippen LogP contribution in [0.1, 0.15) is 24.0 Å². The molecule has 1 aliphatic rings. The number of nitrogens with zero attached hydrogens (tertiary/aromatic N) is 1. The molecule has 0 bridgehead atoms. The van der Waals surface area contributed by atoms with E-state index in [1.54, 1.807) is 7.11 Å². The van der Waals surface area contributed by atoms with Crippen molar-refractivity contribution >= 4 is 23.0 Å². The molecule has 0 amide bonds. The molecular formula is C19H23ClN2O2. The second-order valence-electron chi connectivity index (χ2n) is 5.97. The van der Waals surface area contributed by atoms with Crippen LogP contribution in [0.4, 0.5) is 11.4 Å². The zero-order valence-corrected chi connectivity index (χ0v) is 14.6. The van der Waals surface area contributed by atoms with Gasteiger partial charge in [-0.15, -0.1) is 0 Å². The van der Waals surface area contributed by atoms with Crippen LogP contribution < -0.4 is 15.0 Å². The van der Waals surface area contributed by atoms with Crippen LogP contribution in [0, 0.1) is 0 Å². The topological polar surface area (TPSA) is 44.7 Å². The highest BCUT2D eigenvalue weighted by molar-refractivity contribution is 6.31. The third-order valence-corrected chi connectivity index (χ3v) is 4.82. The molecule has 0 spiro atoms. The van der Waals surface area contributed by atoms with Gasteiger partial charge in [0, 0.05) is 47.2 Å². The number of rotatable bonds is 6. The molecule has 5 heteroatoms. The number of aliphatic hydroxyl groups excluding tert-OH is 1. The minimum absolute atomic E-state index is 0.0518. The highest BCUT2D eigenvalue weighted by atomic mass is 35.5. The third kappa shape index (κ3) is 3.60. The highest BCUT2D eigenvalue weighted by Gasteiger charge is 2.17. The maximum absolute atomic E-state index is 9.46. The smallest absolute Gasteiger partial charge is 0.124 e. The van der Waals surface area contributed by atoms with Gasteiger partial charge in [0.15, 0.2) is 0 Å². The molecule has 0 atom stereocenters. The van der Waals surface area contributed by atoms with E-state index in [2.05, 4.69) is 16.3 Å². The second-order valence-corrected chi connectivity index (χ2v) is 6.38. The van der Waals surface area contributed by atoms with Gasteiger partial charge in [-0.1, -0.05) is 17.7 Å². The Kier molecular flexibility index (Phi) is 5.48. The van der Waals surface area contributed by atoms with E-state index in [-0.39, 0.29) is 6.61 Å². The van der Waals surface area contributed by atoms with Crippen molar-refractivity contribution < 1.29 is 9.84 Å². The lowest BCUT2D eigenvalue weighted by Crippen LogP contribution is -2.20. The highest BCUT2D eigenvalue weighted by Crippen LogP contribution is 2.31. The fourth-order valence-corrected chi connectivity index (χ4v) is 3.42. The lowest BCUT2D eigenvalue weighted by Gasteiger charge is -2.23. The Morgan fingerprint density at radius 2 is 2.00 bits per heavy atom. The van der Waals surface area contributed by atoms with Crippen LogP contribution in [0.3, 0.4) is 0 Å². The minimum Gasteiger partial charge on any atom is -0.496 e. The van der Waals surface area contributed by atoms with Gasteiger partial charge in [0.05, 0.1) is 13.7 Å². The molecule has 24 heavy (non-hydrogen) atoms. The van der Waals surface area contributed by atoms with Crippen LogP contribution in [-0.2, 0) is 13.2 Å². The first kappa shape index (κ1) is 16.9. The van der Waals surface area contributed by atoms with Gasteiger partial charge in [0.2, 0.25) is 0 Å². The molecular weight excluding hydrogens is 324 g/mol. The number of halogens is 1. The van der Waals surface area contributed by atoms with Gasteiger partial charge in [0.1, 0.15) is 5.75 Å². The molecule has 128 valence electrons. The normalized spacial score (nSPS) is 14.0. The van der Waals surface area contributed by atoms with Crippen LogP contribution >= 0.6 is 11.6 Å². The maximum atomic E-state index is 9.46. The van der Waals surface area contributed by atoms with Gasteiger partial charge in [-0.05, 0) is 43.2 Å². The molecule has 0 aromatic heterocycles. The van der Waals surface area contributed by atoms with Crippen LogP contribution in [0.15, 0.2) is 36.4 Å². The van der Waals surface area contributed by atoms with E-state index in [4.69, 9.17) is 16.3 Å². The van der Waals surface area contributed by atoms with Gasteiger partial charge in [-0.3, -0.25) is 0 Å². The SMILES string of the molecule is COc1ccc(NCc2c(Cl)cccc2N2CCCC2)cc1CO. The standard InChI is InChI=1S/C19H23ClN2O2/c1-24-19-8-7-15(11-14(19)13-23)21-12-16-17(20)5-4-6-18(16)22-9-2-3-10-22/h4-8,11,21,23H,2-3,9-10,12-13H2,1H3. The van der Waals surface area contributed by atoms with Crippen LogP contribution in [-0.4, -0.2) is 25.3 Å². The van der Waals surface area contributed by atoms with Gasteiger partial charge in [0.25, 0.3) is 0 Å². The van der Waals surface area contributed by atoms with Crippen LogP contribution in [0.5, 0.6) is 5.75 Å². The fraction of sp³-hybridized carbons (Fsp3) is 0.368. The maximum Gasteiger partial charge on any atom is 0.124 e. The Balaban J connectivity index is 1.79. The Bertz CT molecular complexity index is 700. The summed E-state index contributed by atoms with van der Waals surface area (Å²) in [5, 5.41) is 13.6. The van der Waals surface area contributed by atoms with Gasteiger partial charge < -0.3 is 20.1 Å². The molecule has 2 aromatic carbocycles. The zero-order chi connectivity index (χ0) is 16.9. The molecule has 3 rings (SSSR count). The van der Waals surface area contributed by atoms with E-state index >= 15 is 0 Å². The van der Waals surface area contributed by atoms with Gasteiger partial charge in [-0.2, -0.15) is 0 Å². The molecule has 4 nitrogen and oxygen atoms in total. The molecule has 1 aliphatic heterocycles. The van der Waals surface area contributed by atoms with Crippen molar-refractivity contribution in [2.75, 3.05) is 30.4 Å². The molecule has 0 radical (unpaired) electrons. The predicted octanol–water partition coefficient (Wildman–Crippen LogP) is 4.05. The molecule has 2 aromatic rings. The Hall–Kier alpha value is -1.91. The molecule has 2 N–H and O–H groups in total. The summed E-state index contributed by atoms with van der Waals surface area (Å²) in [6, 6.07) is 11.8. The number of anilines is 2. The first-order valence-electron chi connectivity index (χ1n) is 8.27. The second kappa shape index (κ2) is 7.77. The first-order chi connectivity index (χ1) is 11.7. The summed E-state index contributed by atoms with van der Waals surface area (Å²) in [6.07, 6.45) is 2.47. The largest absolute Gasteiger partial charge is 0.496 e. The quantitative estimate of drug-likeness (QED) is 0.828. The summed E-state index contributed by atoms with van der Waals surface area (Å²) in [4.78, 5) is 2.40. The molecule has 1 fully saturated rings. The number of hydrogen-bond acceptors (Lipinski definition) is 4. The molecule has 1 heterocycles. The number of nitrogens with one attached hydrogen (secondary N) is 1. The number of hydrogen-bond donors (Lipinski definition) is 2. The average molecular weight is 347 g/mol. The first-order valence-corrected chi connectivity index (χ1v) is 8.64. The van der Waals surface area contributed by atoms with Crippen molar-refractivity contribution in [3.05, 3.63) is 52.5 Å². The van der Waals surface area contributed by atoms with E-state index in [0.717, 1.165) is 34.9 Å². The Morgan fingerprint density at radius 3 is 2.71 bits per heavy atom. The summed E-state index contributed by atoms with van der Waals surface area (Å²) in [5.41, 5.74) is 4.03.